The van der Waals surface area contributed by atoms with E-state index in [4.69, 9.17) is 5.73 Å². The van der Waals surface area contributed by atoms with E-state index < -0.39 is 23.8 Å². The molecule has 5 N–H and O–H groups in total. The van der Waals surface area contributed by atoms with Crippen LogP contribution in [-0.2, 0) is 9.59 Å². The van der Waals surface area contributed by atoms with Crippen LogP contribution < -0.4 is 21.7 Å². The van der Waals surface area contributed by atoms with Crippen molar-refractivity contribution in [2.75, 3.05) is 10.6 Å². The van der Waals surface area contributed by atoms with E-state index in [1.54, 1.807) is 13.8 Å². The Kier molecular flexibility index (Phi) is 5.85. The lowest BCUT2D eigenvalue weighted by Crippen LogP contribution is -2.49. The summed E-state index contributed by atoms with van der Waals surface area (Å²) in [6, 6.07) is 2.03. The summed E-state index contributed by atoms with van der Waals surface area (Å²) < 4.78 is 13.8. The number of carbonyl (C=O) groups is 3. The molecule has 8 heteroatoms. The lowest BCUT2D eigenvalue weighted by Gasteiger charge is -2.21. The Hall–Kier alpha value is -2.64. The third kappa shape index (κ3) is 5.04. The summed E-state index contributed by atoms with van der Waals surface area (Å²) in [5.74, 6) is -1.83. The zero-order chi connectivity index (χ0) is 16.9. The van der Waals surface area contributed by atoms with Gasteiger partial charge in [-0.15, -0.1) is 0 Å². The molecule has 4 amide bonds. The highest BCUT2D eigenvalue weighted by Gasteiger charge is 2.24. The quantitative estimate of drug-likeness (QED) is 0.659. The molecule has 1 rings (SSSR count). The van der Waals surface area contributed by atoms with E-state index in [2.05, 4.69) is 16.0 Å². The van der Waals surface area contributed by atoms with Crippen molar-refractivity contribution in [3.8, 4) is 0 Å². The van der Waals surface area contributed by atoms with Crippen LogP contribution in [-0.4, -0.2) is 23.9 Å². The van der Waals surface area contributed by atoms with Crippen LogP contribution in [0.1, 0.15) is 20.8 Å². The number of nitrogens with one attached hydrogen (secondary N) is 3. The fraction of sp³-hybridized carbons (Fsp3) is 0.357. The van der Waals surface area contributed by atoms with Gasteiger partial charge < -0.3 is 21.7 Å². The van der Waals surface area contributed by atoms with Gasteiger partial charge in [-0.25, -0.2) is 9.18 Å². The first kappa shape index (κ1) is 17.4. The number of halogens is 1. The van der Waals surface area contributed by atoms with Gasteiger partial charge in [0.1, 0.15) is 11.9 Å². The molecule has 0 spiro atoms. The number of nitrogens with two attached hydrogens (primary N) is 1. The number of primary amides is 1. The Morgan fingerprint density at radius 1 is 1.18 bits per heavy atom. The first-order chi connectivity index (χ1) is 10.2. The third-order valence-electron chi connectivity index (χ3n) is 2.79. The number of urea groups is 1. The van der Waals surface area contributed by atoms with Gasteiger partial charge in [0.25, 0.3) is 0 Å². The van der Waals surface area contributed by atoms with E-state index in [9.17, 15) is 18.8 Å². The number of amides is 4. The van der Waals surface area contributed by atoms with Crippen molar-refractivity contribution in [2.24, 2.45) is 11.7 Å². The normalized spacial score (nSPS) is 11.7. The van der Waals surface area contributed by atoms with Crippen molar-refractivity contribution in [3.63, 3.8) is 0 Å². The Morgan fingerprint density at radius 3 is 2.32 bits per heavy atom. The molecule has 1 aromatic rings. The summed E-state index contributed by atoms with van der Waals surface area (Å²) in [6.45, 7) is 4.74. The average molecular weight is 310 g/mol. The predicted molar refractivity (Wildman–Crippen MR) is 80.7 cm³/mol. The molecule has 1 unspecified atom stereocenters. The van der Waals surface area contributed by atoms with Crippen molar-refractivity contribution in [1.82, 2.24) is 5.32 Å². The maximum Gasteiger partial charge on any atom is 0.312 e. The van der Waals surface area contributed by atoms with Crippen LogP contribution in [0.5, 0.6) is 0 Å². The molecule has 0 aliphatic carbocycles. The molecule has 0 aliphatic heterocycles. The highest BCUT2D eigenvalue weighted by Crippen LogP contribution is 2.20. The van der Waals surface area contributed by atoms with E-state index in [1.807, 2.05) is 0 Å². The summed E-state index contributed by atoms with van der Waals surface area (Å²) in [5.41, 5.74) is 5.26. The van der Waals surface area contributed by atoms with Gasteiger partial charge in [0.05, 0.1) is 5.69 Å². The summed E-state index contributed by atoms with van der Waals surface area (Å²) in [5, 5.41) is 7.16. The molecule has 0 aromatic heterocycles. The van der Waals surface area contributed by atoms with Crippen LogP contribution >= 0.6 is 0 Å². The molecule has 0 radical (unpaired) electrons. The largest absolute Gasteiger partial charge is 0.352 e. The number of hydrogen-bond acceptors (Lipinski definition) is 3. The minimum Gasteiger partial charge on any atom is -0.352 e. The molecule has 0 heterocycles. The fourth-order valence-corrected chi connectivity index (χ4v) is 1.80. The van der Waals surface area contributed by atoms with Crippen LogP contribution in [0.2, 0.25) is 0 Å². The van der Waals surface area contributed by atoms with Gasteiger partial charge >= 0.3 is 6.03 Å². The van der Waals surface area contributed by atoms with E-state index >= 15 is 0 Å². The fourth-order valence-electron chi connectivity index (χ4n) is 1.80. The summed E-state index contributed by atoms with van der Waals surface area (Å²) in [4.78, 5) is 34.1. The molecule has 0 aliphatic rings. The van der Waals surface area contributed by atoms with Gasteiger partial charge in [-0.1, -0.05) is 13.8 Å². The maximum atomic E-state index is 13.8. The van der Waals surface area contributed by atoms with Crippen LogP contribution in [0.4, 0.5) is 20.6 Å². The van der Waals surface area contributed by atoms with Crippen LogP contribution in [0.25, 0.3) is 0 Å². The van der Waals surface area contributed by atoms with Gasteiger partial charge in [-0.2, -0.15) is 0 Å². The Balaban J connectivity index is 2.94. The zero-order valence-corrected chi connectivity index (χ0v) is 12.6. The molecule has 0 fully saturated rings. The number of hydrogen-bond donors (Lipinski definition) is 4. The molecule has 0 bridgehead atoms. The highest BCUT2D eigenvalue weighted by molar-refractivity contribution is 5.98. The number of anilines is 2. The number of rotatable bonds is 5. The molecule has 22 heavy (non-hydrogen) atoms. The van der Waals surface area contributed by atoms with Gasteiger partial charge in [0.2, 0.25) is 11.8 Å². The van der Waals surface area contributed by atoms with Gasteiger partial charge in [-0.3, -0.25) is 9.59 Å². The SMILES string of the molecule is CC(=O)Nc1ccc(F)c(NC(=O)C(NC(N)=O)C(C)C)c1. The lowest BCUT2D eigenvalue weighted by atomic mass is 10.0. The van der Waals surface area contributed by atoms with E-state index in [-0.39, 0.29) is 17.5 Å². The van der Waals surface area contributed by atoms with E-state index in [0.29, 0.717) is 5.69 Å². The Bertz CT molecular complexity index is 589. The molecule has 7 nitrogen and oxygen atoms in total. The minimum atomic E-state index is -0.902. The van der Waals surface area contributed by atoms with Crippen molar-refractivity contribution in [1.29, 1.82) is 0 Å². The summed E-state index contributed by atoms with van der Waals surface area (Å²) in [7, 11) is 0. The smallest absolute Gasteiger partial charge is 0.312 e. The van der Waals surface area contributed by atoms with Crippen LogP contribution in [0.15, 0.2) is 18.2 Å². The van der Waals surface area contributed by atoms with Crippen LogP contribution in [0.3, 0.4) is 0 Å². The second kappa shape index (κ2) is 7.39. The van der Waals surface area contributed by atoms with Gasteiger partial charge in [-0.05, 0) is 24.1 Å². The predicted octanol–water partition coefficient (Wildman–Crippen LogP) is 1.42. The van der Waals surface area contributed by atoms with E-state index in [0.717, 1.165) is 6.07 Å². The first-order valence-corrected chi connectivity index (χ1v) is 6.64. The molecular formula is C14H19FN4O3. The lowest BCUT2D eigenvalue weighted by molar-refractivity contribution is -0.119. The zero-order valence-electron chi connectivity index (χ0n) is 12.6. The van der Waals surface area contributed by atoms with Crippen molar-refractivity contribution < 1.29 is 18.8 Å². The molecular weight excluding hydrogens is 291 g/mol. The highest BCUT2D eigenvalue weighted by atomic mass is 19.1. The van der Waals surface area contributed by atoms with Crippen molar-refractivity contribution >= 4 is 29.2 Å². The minimum absolute atomic E-state index is 0.104. The monoisotopic (exact) mass is 310 g/mol. The van der Waals surface area contributed by atoms with E-state index in [1.165, 1.54) is 19.1 Å². The summed E-state index contributed by atoms with van der Waals surface area (Å²) in [6.07, 6.45) is 0. The molecule has 0 saturated carbocycles. The van der Waals surface area contributed by atoms with Crippen molar-refractivity contribution in [2.45, 2.75) is 26.8 Å². The molecule has 120 valence electrons. The Labute approximate surface area is 127 Å². The molecule has 1 aromatic carbocycles. The van der Waals surface area contributed by atoms with Crippen LogP contribution in [0, 0.1) is 11.7 Å². The second-order valence-corrected chi connectivity index (χ2v) is 5.10. The summed E-state index contributed by atoms with van der Waals surface area (Å²) >= 11 is 0. The first-order valence-electron chi connectivity index (χ1n) is 6.64. The molecule has 1 atom stereocenters. The third-order valence-corrected chi connectivity index (χ3v) is 2.79. The van der Waals surface area contributed by atoms with Gasteiger partial charge in [0, 0.05) is 12.6 Å². The average Bonchev–Trinajstić information content (AvgIpc) is 2.38. The number of carbonyl (C=O) groups excluding carboxylic acids is 3. The van der Waals surface area contributed by atoms with Gasteiger partial charge in [0.15, 0.2) is 0 Å². The maximum absolute atomic E-state index is 13.8. The van der Waals surface area contributed by atoms with Crippen molar-refractivity contribution in [3.05, 3.63) is 24.0 Å². The number of benzene rings is 1. The topological polar surface area (TPSA) is 113 Å². The Morgan fingerprint density at radius 2 is 1.82 bits per heavy atom. The second-order valence-electron chi connectivity index (χ2n) is 5.10. The molecule has 0 saturated heterocycles. The standard InChI is InChI=1S/C14H19FN4O3/c1-7(2)12(19-14(16)22)13(21)18-11-6-9(17-8(3)20)4-5-10(11)15/h4-7,12H,1-3H3,(H,17,20)(H,18,21)(H3,16,19,22).